The maximum absolute atomic E-state index is 5.27. The van der Waals surface area contributed by atoms with Crippen molar-refractivity contribution < 1.29 is 4.74 Å². The van der Waals surface area contributed by atoms with E-state index in [0.717, 1.165) is 38.4 Å². The van der Waals surface area contributed by atoms with Crippen molar-refractivity contribution >= 4 is 12.4 Å². The van der Waals surface area contributed by atoms with Gasteiger partial charge in [0.15, 0.2) is 0 Å². The van der Waals surface area contributed by atoms with Crippen LogP contribution in [0.15, 0.2) is 30.3 Å². The van der Waals surface area contributed by atoms with E-state index in [1.165, 1.54) is 0 Å². The molecule has 1 fully saturated rings. The topological polar surface area (TPSA) is 12.5 Å². The lowest BCUT2D eigenvalue weighted by molar-refractivity contribution is 0.0443. The van der Waals surface area contributed by atoms with E-state index in [-0.39, 0.29) is 12.4 Å². The van der Waals surface area contributed by atoms with Crippen molar-refractivity contribution in [3.8, 4) is 11.8 Å². The zero-order chi connectivity index (χ0) is 10.3. The molecule has 1 aliphatic rings. The van der Waals surface area contributed by atoms with Crippen LogP contribution in [0.2, 0.25) is 0 Å². The van der Waals surface area contributed by atoms with Gasteiger partial charge in [0, 0.05) is 18.7 Å². The van der Waals surface area contributed by atoms with Gasteiger partial charge in [-0.3, -0.25) is 4.90 Å². The number of morpholine rings is 1. The third kappa shape index (κ3) is 4.24. The van der Waals surface area contributed by atoms with Crippen molar-refractivity contribution in [1.82, 2.24) is 4.90 Å². The van der Waals surface area contributed by atoms with Gasteiger partial charge in [-0.1, -0.05) is 30.0 Å². The van der Waals surface area contributed by atoms with Crippen molar-refractivity contribution in [1.29, 1.82) is 0 Å². The van der Waals surface area contributed by atoms with Gasteiger partial charge in [-0.25, -0.2) is 0 Å². The Morgan fingerprint density at radius 3 is 2.50 bits per heavy atom. The van der Waals surface area contributed by atoms with Crippen LogP contribution in [0.25, 0.3) is 0 Å². The molecule has 0 radical (unpaired) electrons. The lowest BCUT2D eigenvalue weighted by Crippen LogP contribution is -2.36. The zero-order valence-electron chi connectivity index (χ0n) is 9.19. The van der Waals surface area contributed by atoms with E-state index in [1.54, 1.807) is 0 Å². The van der Waals surface area contributed by atoms with Crippen LogP contribution in [-0.4, -0.2) is 37.7 Å². The molecule has 1 heterocycles. The zero-order valence-corrected chi connectivity index (χ0v) is 10.0. The summed E-state index contributed by atoms with van der Waals surface area (Å²) in [5, 5.41) is 0. The highest BCUT2D eigenvalue weighted by molar-refractivity contribution is 5.85. The normalized spacial score (nSPS) is 15.8. The standard InChI is InChI=1S/C13H15NO.ClH/c1-2-5-13(6-3-1)7-4-8-14-9-11-15-12-10-14;/h1-3,5-6H,8-12H2;1H. The SMILES string of the molecule is C(#Cc1ccccc1)CN1CCOCC1.Cl. The molecular weight excluding hydrogens is 222 g/mol. The molecule has 0 aliphatic carbocycles. The van der Waals surface area contributed by atoms with E-state index in [2.05, 4.69) is 16.7 Å². The third-order valence-electron chi connectivity index (χ3n) is 2.41. The summed E-state index contributed by atoms with van der Waals surface area (Å²) >= 11 is 0. The molecule has 0 saturated carbocycles. The minimum Gasteiger partial charge on any atom is -0.379 e. The summed E-state index contributed by atoms with van der Waals surface area (Å²) in [6.45, 7) is 4.53. The van der Waals surface area contributed by atoms with Gasteiger partial charge in [0.25, 0.3) is 0 Å². The molecule has 2 rings (SSSR count). The molecule has 1 aromatic rings. The summed E-state index contributed by atoms with van der Waals surface area (Å²) in [7, 11) is 0. The maximum Gasteiger partial charge on any atom is 0.0606 e. The Balaban J connectivity index is 0.00000128. The smallest absolute Gasteiger partial charge is 0.0606 e. The van der Waals surface area contributed by atoms with Gasteiger partial charge in [-0.15, -0.1) is 12.4 Å². The van der Waals surface area contributed by atoms with Gasteiger partial charge >= 0.3 is 0 Å². The second kappa shape index (κ2) is 7.29. The number of ether oxygens (including phenoxy) is 1. The van der Waals surface area contributed by atoms with Crippen LogP contribution in [0.3, 0.4) is 0 Å². The quantitative estimate of drug-likeness (QED) is 0.691. The fraction of sp³-hybridized carbons (Fsp3) is 0.385. The average molecular weight is 238 g/mol. The van der Waals surface area contributed by atoms with Gasteiger partial charge in [-0.2, -0.15) is 0 Å². The first-order valence-electron chi connectivity index (χ1n) is 5.29. The summed E-state index contributed by atoms with van der Waals surface area (Å²) < 4.78 is 5.27. The Hall–Kier alpha value is -1.01. The average Bonchev–Trinajstić information content (AvgIpc) is 2.32. The van der Waals surface area contributed by atoms with Crippen molar-refractivity contribution in [2.24, 2.45) is 0 Å². The minimum atomic E-state index is 0. The molecule has 86 valence electrons. The Bertz CT molecular complexity index is 349. The second-order valence-electron chi connectivity index (χ2n) is 3.56. The van der Waals surface area contributed by atoms with E-state index in [1.807, 2.05) is 30.3 Å². The molecule has 16 heavy (non-hydrogen) atoms. The monoisotopic (exact) mass is 237 g/mol. The Morgan fingerprint density at radius 2 is 1.81 bits per heavy atom. The summed E-state index contributed by atoms with van der Waals surface area (Å²) in [5.41, 5.74) is 1.09. The van der Waals surface area contributed by atoms with Gasteiger partial charge in [0.1, 0.15) is 0 Å². The van der Waals surface area contributed by atoms with E-state index in [0.29, 0.717) is 0 Å². The van der Waals surface area contributed by atoms with E-state index in [4.69, 9.17) is 4.74 Å². The summed E-state index contributed by atoms with van der Waals surface area (Å²) in [4.78, 5) is 2.32. The fourth-order valence-electron chi connectivity index (χ4n) is 1.53. The van der Waals surface area contributed by atoms with Crippen LogP contribution in [0.5, 0.6) is 0 Å². The molecule has 0 unspecified atom stereocenters. The largest absolute Gasteiger partial charge is 0.379 e. The lowest BCUT2D eigenvalue weighted by Gasteiger charge is -2.24. The first-order valence-corrected chi connectivity index (χ1v) is 5.29. The molecule has 0 atom stereocenters. The molecular formula is C13H16ClNO. The molecule has 0 N–H and O–H groups in total. The van der Waals surface area contributed by atoms with Crippen LogP contribution < -0.4 is 0 Å². The van der Waals surface area contributed by atoms with Crippen LogP contribution in [0.4, 0.5) is 0 Å². The summed E-state index contributed by atoms with van der Waals surface area (Å²) in [5.74, 6) is 6.35. The van der Waals surface area contributed by atoms with Crippen LogP contribution in [-0.2, 0) is 4.74 Å². The molecule has 0 bridgehead atoms. The van der Waals surface area contributed by atoms with E-state index in [9.17, 15) is 0 Å². The molecule has 1 aromatic carbocycles. The van der Waals surface area contributed by atoms with Gasteiger partial charge < -0.3 is 4.74 Å². The van der Waals surface area contributed by atoms with Gasteiger partial charge in [0.2, 0.25) is 0 Å². The highest BCUT2D eigenvalue weighted by atomic mass is 35.5. The van der Waals surface area contributed by atoms with Crippen LogP contribution in [0.1, 0.15) is 5.56 Å². The fourth-order valence-corrected chi connectivity index (χ4v) is 1.53. The van der Waals surface area contributed by atoms with Crippen molar-refractivity contribution in [3.05, 3.63) is 35.9 Å². The predicted octanol–water partition coefficient (Wildman–Crippen LogP) is 1.79. The van der Waals surface area contributed by atoms with Crippen LogP contribution >= 0.6 is 12.4 Å². The molecule has 0 amide bonds. The van der Waals surface area contributed by atoms with Crippen molar-refractivity contribution in [2.75, 3.05) is 32.8 Å². The summed E-state index contributed by atoms with van der Waals surface area (Å²) in [6.07, 6.45) is 0. The molecule has 3 heteroatoms. The molecule has 0 aromatic heterocycles. The van der Waals surface area contributed by atoms with Crippen molar-refractivity contribution in [3.63, 3.8) is 0 Å². The number of nitrogens with zero attached hydrogens (tertiary/aromatic N) is 1. The molecule has 0 spiro atoms. The molecule has 1 saturated heterocycles. The molecule has 2 nitrogen and oxygen atoms in total. The van der Waals surface area contributed by atoms with Gasteiger partial charge in [-0.05, 0) is 12.1 Å². The Kier molecular flexibility index (Phi) is 5.95. The second-order valence-corrected chi connectivity index (χ2v) is 3.56. The summed E-state index contributed by atoms with van der Waals surface area (Å²) in [6, 6.07) is 10.1. The number of rotatable bonds is 1. The van der Waals surface area contributed by atoms with Gasteiger partial charge in [0.05, 0.1) is 19.8 Å². The predicted molar refractivity (Wildman–Crippen MR) is 67.8 cm³/mol. The molecule has 1 aliphatic heterocycles. The Labute approximate surface area is 103 Å². The Morgan fingerprint density at radius 1 is 1.12 bits per heavy atom. The maximum atomic E-state index is 5.27. The lowest BCUT2D eigenvalue weighted by atomic mass is 10.2. The van der Waals surface area contributed by atoms with E-state index >= 15 is 0 Å². The van der Waals surface area contributed by atoms with E-state index < -0.39 is 0 Å². The van der Waals surface area contributed by atoms with Crippen LogP contribution in [0, 0.1) is 11.8 Å². The number of hydrogen-bond acceptors (Lipinski definition) is 2. The first kappa shape index (κ1) is 13.1. The van der Waals surface area contributed by atoms with Crippen molar-refractivity contribution in [2.45, 2.75) is 0 Å². The first-order chi connectivity index (χ1) is 7.45. The highest BCUT2D eigenvalue weighted by Gasteiger charge is 2.07. The third-order valence-corrected chi connectivity index (χ3v) is 2.41. The number of benzene rings is 1. The highest BCUT2D eigenvalue weighted by Crippen LogP contribution is 1.97. The number of halogens is 1. The number of hydrogen-bond donors (Lipinski definition) is 0. The minimum absolute atomic E-state index is 0.